The zero-order chi connectivity index (χ0) is 22.5. The highest BCUT2D eigenvalue weighted by atomic mass is 16.2. The Morgan fingerprint density at radius 3 is 2.41 bits per heavy atom. The van der Waals surface area contributed by atoms with Gasteiger partial charge in [0.25, 0.3) is 0 Å². The Morgan fingerprint density at radius 2 is 1.72 bits per heavy atom. The molecule has 3 aromatic rings. The lowest BCUT2D eigenvalue weighted by Crippen LogP contribution is -2.47. The normalized spacial score (nSPS) is 13.8. The summed E-state index contributed by atoms with van der Waals surface area (Å²) in [4.78, 5) is 31.5. The van der Waals surface area contributed by atoms with Crippen LogP contribution in [0.15, 0.2) is 55.1 Å². The molecule has 1 aliphatic heterocycles. The molecule has 32 heavy (non-hydrogen) atoms. The predicted molar refractivity (Wildman–Crippen MR) is 126 cm³/mol. The third-order valence-electron chi connectivity index (χ3n) is 5.71. The summed E-state index contributed by atoms with van der Waals surface area (Å²) in [6.07, 6.45) is 7.54. The van der Waals surface area contributed by atoms with E-state index >= 15 is 0 Å². The van der Waals surface area contributed by atoms with Crippen LogP contribution in [0.4, 0.5) is 11.6 Å². The molecule has 0 spiro atoms. The van der Waals surface area contributed by atoms with Crippen LogP contribution in [-0.4, -0.2) is 65.5 Å². The maximum Gasteiger partial charge on any atom is 0.236 e. The standard InChI is InChI=1S/C24H29N7O/c1-18-10-22(16-26-13-18)30-6-8-31(9-7-30)24-27-14-21(15-28-24)20-5-3-4-19(11-20)17-29(2)23(32)12-25/h3-5,10-11,13-16H,6-9,12,17,25H2,1-2H3. The smallest absolute Gasteiger partial charge is 0.236 e. The Kier molecular flexibility index (Phi) is 6.61. The number of benzene rings is 1. The molecular formula is C24H29N7O. The second-order valence-electron chi connectivity index (χ2n) is 8.12. The van der Waals surface area contributed by atoms with Gasteiger partial charge in [0, 0.05) is 63.9 Å². The number of nitrogens with zero attached hydrogens (tertiary/aromatic N) is 6. The van der Waals surface area contributed by atoms with Crippen molar-refractivity contribution >= 4 is 17.5 Å². The summed E-state index contributed by atoms with van der Waals surface area (Å²) in [5, 5.41) is 0. The van der Waals surface area contributed by atoms with E-state index in [0.29, 0.717) is 6.54 Å². The van der Waals surface area contributed by atoms with Crippen molar-refractivity contribution in [2.45, 2.75) is 13.5 Å². The van der Waals surface area contributed by atoms with E-state index in [1.165, 1.54) is 11.3 Å². The molecule has 1 fully saturated rings. The Hall–Kier alpha value is -3.52. The number of piperazine rings is 1. The number of carbonyl (C=O) groups is 1. The molecule has 4 rings (SSSR count). The highest BCUT2D eigenvalue weighted by molar-refractivity contribution is 5.77. The molecule has 0 radical (unpaired) electrons. The number of likely N-dealkylation sites (N-methyl/N-ethyl adjacent to an activating group) is 1. The van der Waals surface area contributed by atoms with Gasteiger partial charge in [-0.15, -0.1) is 0 Å². The molecule has 166 valence electrons. The van der Waals surface area contributed by atoms with Crippen LogP contribution in [0.2, 0.25) is 0 Å². The molecule has 0 saturated carbocycles. The molecule has 8 heteroatoms. The van der Waals surface area contributed by atoms with Gasteiger partial charge in [-0.3, -0.25) is 9.78 Å². The van der Waals surface area contributed by atoms with Crippen LogP contribution in [0.1, 0.15) is 11.1 Å². The summed E-state index contributed by atoms with van der Waals surface area (Å²) in [7, 11) is 1.76. The first-order valence-electron chi connectivity index (χ1n) is 10.8. The van der Waals surface area contributed by atoms with Crippen molar-refractivity contribution in [2.75, 3.05) is 49.6 Å². The molecule has 0 aliphatic carbocycles. The van der Waals surface area contributed by atoms with Gasteiger partial charge in [0.05, 0.1) is 18.4 Å². The van der Waals surface area contributed by atoms with Gasteiger partial charge in [-0.05, 0) is 35.7 Å². The molecule has 1 aliphatic rings. The first kappa shape index (κ1) is 21.7. The van der Waals surface area contributed by atoms with Crippen molar-refractivity contribution in [3.8, 4) is 11.1 Å². The zero-order valence-electron chi connectivity index (χ0n) is 18.6. The summed E-state index contributed by atoms with van der Waals surface area (Å²) in [5.74, 6) is 0.669. The SMILES string of the molecule is Cc1cncc(N2CCN(c3ncc(-c4cccc(CN(C)C(=O)CN)c4)cn3)CC2)c1. The highest BCUT2D eigenvalue weighted by Crippen LogP contribution is 2.22. The molecule has 0 atom stereocenters. The summed E-state index contributed by atoms with van der Waals surface area (Å²) in [6.45, 7) is 6.15. The highest BCUT2D eigenvalue weighted by Gasteiger charge is 2.19. The van der Waals surface area contributed by atoms with Gasteiger partial charge >= 0.3 is 0 Å². The third-order valence-corrected chi connectivity index (χ3v) is 5.71. The summed E-state index contributed by atoms with van der Waals surface area (Å²) in [5.41, 5.74) is 10.8. The van der Waals surface area contributed by atoms with Crippen molar-refractivity contribution < 1.29 is 4.79 Å². The van der Waals surface area contributed by atoms with Gasteiger partial charge in [-0.25, -0.2) is 9.97 Å². The van der Waals surface area contributed by atoms with Crippen molar-refractivity contribution in [1.29, 1.82) is 0 Å². The minimum Gasteiger partial charge on any atom is -0.367 e. The minimum absolute atomic E-state index is 0.0155. The van der Waals surface area contributed by atoms with Crippen LogP contribution in [0.25, 0.3) is 11.1 Å². The van der Waals surface area contributed by atoms with Crippen LogP contribution in [0, 0.1) is 6.92 Å². The van der Waals surface area contributed by atoms with Gasteiger partial charge in [-0.1, -0.05) is 18.2 Å². The van der Waals surface area contributed by atoms with Gasteiger partial charge in [-0.2, -0.15) is 0 Å². The number of hydrogen-bond acceptors (Lipinski definition) is 7. The van der Waals surface area contributed by atoms with E-state index in [1.807, 2.05) is 43.0 Å². The van der Waals surface area contributed by atoms with Crippen molar-refractivity contribution in [1.82, 2.24) is 19.9 Å². The lowest BCUT2D eigenvalue weighted by Gasteiger charge is -2.36. The molecule has 2 aromatic heterocycles. The largest absolute Gasteiger partial charge is 0.367 e. The Labute approximate surface area is 188 Å². The molecule has 1 amide bonds. The Balaban J connectivity index is 1.40. The predicted octanol–water partition coefficient (Wildman–Crippen LogP) is 2.09. The van der Waals surface area contributed by atoms with E-state index in [9.17, 15) is 4.79 Å². The summed E-state index contributed by atoms with van der Waals surface area (Å²) < 4.78 is 0. The zero-order valence-corrected chi connectivity index (χ0v) is 18.6. The van der Waals surface area contributed by atoms with Crippen molar-refractivity contribution in [3.63, 3.8) is 0 Å². The van der Waals surface area contributed by atoms with Crippen LogP contribution >= 0.6 is 0 Å². The lowest BCUT2D eigenvalue weighted by molar-refractivity contribution is -0.128. The van der Waals surface area contributed by atoms with E-state index in [4.69, 9.17) is 5.73 Å². The number of aromatic nitrogens is 3. The number of rotatable bonds is 6. The summed E-state index contributed by atoms with van der Waals surface area (Å²) >= 11 is 0. The average molecular weight is 432 g/mol. The molecule has 2 N–H and O–H groups in total. The van der Waals surface area contributed by atoms with Crippen LogP contribution in [0.5, 0.6) is 0 Å². The fourth-order valence-electron chi connectivity index (χ4n) is 3.88. The van der Waals surface area contributed by atoms with Crippen LogP contribution in [-0.2, 0) is 11.3 Å². The number of aryl methyl sites for hydroxylation is 1. The van der Waals surface area contributed by atoms with Crippen LogP contribution in [0.3, 0.4) is 0 Å². The van der Waals surface area contributed by atoms with Gasteiger partial charge < -0.3 is 20.4 Å². The topological polar surface area (TPSA) is 91.5 Å². The second-order valence-corrected chi connectivity index (χ2v) is 8.12. The van der Waals surface area contributed by atoms with Crippen LogP contribution < -0.4 is 15.5 Å². The molecule has 0 bridgehead atoms. The monoisotopic (exact) mass is 431 g/mol. The Morgan fingerprint density at radius 1 is 1.00 bits per heavy atom. The number of pyridine rings is 1. The van der Waals surface area contributed by atoms with E-state index in [1.54, 1.807) is 11.9 Å². The number of nitrogens with two attached hydrogens (primary N) is 1. The van der Waals surface area contributed by atoms with E-state index in [2.05, 4.69) is 43.8 Å². The lowest BCUT2D eigenvalue weighted by atomic mass is 10.1. The van der Waals surface area contributed by atoms with Crippen molar-refractivity contribution in [3.05, 3.63) is 66.2 Å². The van der Waals surface area contributed by atoms with E-state index in [-0.39, 0.29) is 12.5 Å². The maximum atomic E-state index is 11.7. The fraction of sp³-hybridized carbons (Fsp3) is 0.333. The number of amides is 1. The quantitative estimate of drug-likeness (QED) is 0.639. The minimum atomic E-state index is -0.0816. The van der Waals surface area contributed by atoms with E-state index < -0.39 is 0 Å². The first-order chi connectivity index (χ1) is 15.5. The molecule has 0 unspecified atom stereocenters. The first-order valence-corrected chi connectivity index (χ1v) is 10.8. The third kappa shape index (κ3) is 5.03. The van der Waals surface area contributed by atoms with Crippen molar-refractivity contribution in [2.24, 2.45) is 5.73 Å². The molecular weight excluding hydrogens is 402 g/mol. The number of hydrogen-bond donors (Lipinski definition) is 1. The molecule has 3 heterocycles. The van der Waals surface area contributed by atoms with E-state index in [0.717, 1.165) is 48.8 Å². The summed E-state index contributed by atoms with van der Waals surface area (Å²) in [6, 6.07) is 10.3. The fourth-order valence-corrected chi connectivity index (χ4v) is 3.88. The molecule has 1 saturated heterocycles. The number of anilines is 2. The second kappa shape index (κ2) is 9.74. The molecule has 1 aromatic carbocycles. The van der Waals surface area contributed by atoms with Gasteiger partial charge in [0.15, 0.2) is 0 Å². The maximum absolute atomic E-state index is 11.7. The average Bonchev–Trinajstić information content (AvgIpc) is 2.84. The van der Waals surface area contributed by atoms with Gasteiger partial charge in [0.2, 0.25) is 11.9 Å². The Bertz CT molecular complexity index is 1060. The van der Waals surface area contributed by atoms with Gasteiger partial charge in [0.1, 0.15) is 0 Å². The number of carbonyl (C=O) groups excluding carboxylic acids is 1. The molecule has 8 nitrogen and oxygen atoms in total.